The number of anilines is 2. The quantitative estimate of drug-likeness (QED) is 0.601. The molecule has 0 aliphatic carbocycles. The lowest BCUT2D eigenvalue weighted by Crippen LogP contribution is -2.34. The van der Waals surface area contributed by atoms with Gasteiger partial charge in [0.1, 0.15) is 11.4 Å². The summed E-state index contributed by atoms with van der Waals surface area (Å²) in [5.41, 5.74) is 1.10. The summed E-state index contributed by atoms with van der Waals surface area (Å²) >= 11 is 5.98. The zero-order chi connectivity index (χ0) is 17.3. The highest BCUT2D eigenvalue weighted by Crippen LogP contribution is 2.30. The first-order valence-electron chi connectivity index (χ1n) is 7.70. The Morgan fingerprint density at radius 1 is 1.04 bits per heavy atom. The fourth-order valence-electron chi connectivity index (χ4n) is 2.45. The van der Waals surface area contributed by atoms with Crippen LogP contribution in [0.1, 0.15) is 20.8 Å². The molecule has 0 aliphatic rings. The minimum atomic E-state index is -0.588. The second-order valence-corrected chi connectivity index (χ2v) is 6.92. The van der Waals surface area contributed by atoms with Gasteiger partial charge in [0, 0.05) is 16.7 Å². The maximum atomic E-state index is 12.8. The number of hydrogen-bond donors (Lipinski definition) is 0. The van der Waals surface area contributed by atoms with Crippen LogP contribution in [0, 0.1) is 0 Å². The van der Waals surface area contributed by atoms with E-state index in [4.69, 9.17) is 16.3 Å². The molecule has 5 heteroatoms. The smallest absolute Gasteiger partial charge is 0.420 e. The third-order valence-corrected chi connectivity index (χ3v) is 3.68. The minimum Gasteiger partial charge on any atom is -0.443 e. The van der Waals surface area contributed by atoms with Gasteiger partial charge in [-0.3, -0.25) is 0 Å². The van der Waals surface area contributed by atoms with E-state index in [1.54, 1.807) is 29.2 Å². The van der Waals surface area contributed by atoms with Crippen molar-refractivity contribution in [2.75, 3.05) is 4.90 Å². The van der Waals surface area contributed by atoms with Gasteiger partial charge in [0.05, 0.1) is 5.69 Å². The van der Waals surface area contributed by atoms with Gasteiger partial charge in [0.2, 0.25) is 0 Å². The van der Waals surface area contributed by atoms with Crippen molar-refractivity contribution in [3.05, 3.63) is 65.8 Å². The van der Waals surface area contributed by atoms with Gasteiger partial charge in [0.25, 0.3) is 0 Å². The summed E-state index contributed by atoms with van der Waals surface area (Å²) in [4.78, 5) is 14.4. The van der Waals surface area contributed by atoms with E-state index in [2.05, 4.69) is 0 Å². The molecular formula is C19H19ClN2O2. The third kappa shape index (κ3) is 3.39. The number of fused-ring (bicyclic) bond motifs is 1. The first-order chi connectivity index (χ1) is 11.3. The van der Waals surface area contributed by atoms with Crippen LogP contribution in [0.4, 0.5) is 16.3 Å². The largest absolute Gasteiger partial charge is 0.443 e. The molecule has 0 atom stereocenters. The van der Waals surface area contributed by atoms with E-state index >= 15 is 0 Å². The number of amides is 1. The Morgan fingerprint density at radius 2 is 1.75 bits per heavy atom. The molecule has 0 spiro atoms. The summed E-state index contributed by atoms with van der Waals surface area (Å²) in [6.07, 6.45) is 1.48. The lowest BCUT2D eigenvalue weighted by atomic mass is 10.2. The minimum absolute atomic E-state index is 0.436. The van der Waals surface area contributed by atoms with Gasteiger partial charge < -0.3 is 9.14 Å². The summed E-state index contributed by atoms with van der Waals surface area (Å²) in [7, 11) is 0. The average molecular weight is 343 g/mol. The van der Waals surface area contributed by atoms with Crippen LogP contribution in [0.2, 0.25) is 5.02 Å². The van der Waals surface area contributed by atoms with E-state index in [1.165, 1.54) is 0 Å². The van der Waals surface area contributed by atoms with Crippen molar-refractivity contribution in [2.24, 2.45) is 0 Å². The average Bonchev–Trinajstić information content (AvgIpc) is 2.92. The fourth-order valence-corrected chi connectivity index (χ4v) is 2.58. The summed E-state index contributed by atoms with van der Waals surface area (Å²) in [5.74, 6) is 0.710. The Kier molecular flexibility index (Phi) is 4.24. The predicted octanol–water partition coefficient (Wildman–Crippen LogP) is 5.67. The normalized spacial score (nSPS) is 11.5. The SMILES string of the molecule is CC(C)(C)OC(=O)N(c1ccc(Cl)cc1)c1ccc2ccccn12. The van der Waals surface area contributed by atoms with Crippen LogP contribution in [0.25, 0.3) is 5.52 Å². The number of pyridine rings is 1. The molecule has 0 fully saturated rings. The van der Waals surface area contributed by atoms with Gasteiger partial charge >= 0.3 is 6.09 Å². The zero-order valence-electron chi connectivity index (χ0n) is 13.9. The van der Waals surface area contributed by atoms with Crippen LogP contribution >= 0.6 is 11.6 Å². The Balaban J connectivity index is 2.11. The molecule has 2 heterocycles. The van der Waals surface area contributed by atoms with Crippen LogP contribution < -0.4 is 4.90 Å². The van der Waals surface area contributed by atoms with Crippen LogP contribution in [0.5, 0.6) is 0 Å². The standard InChI is InChI=1S/C19H19ClN2O2/c1-19(2,3)24-18(23)22(16-9-7-14(20)8-10-16)17-12-11-15-6-4-5-13-21(15)17/h4-13H,1-3H3. The monoisotopic (exact) mass is 342 g/mol. The maximum absolute atomic E-state index is 12.8. The Hall–Kier alpha value is -2.46. The molecular weight excluding hydrogens is 324 g/mol. The molecule has 0 bridgehead atoms. The van der Waals surface area contributed by atoms with E-state index in [-0.39, 0.29) is 0 Å². The highest BCUT2D eigenvalue weighted by Gasteiger charge is 2.26. The lowest BCUT2D eigenvalue weighted by molar-refractivity contribution is 0.0598. The molecule has 0 N–H and O–H groups in total. The number of carbonyl (C=O) groups is 1. The van der Waals surface area contributed by atoms with Crippen molar-refractivity contribution in [1.29, 1.82) is 0 Å². The lowest BCUT2D eigenvalue weighted by Gasteiger charge is -2.27. The van der Waals surface area contributed by atoms with E-state index in [0.717, 1.165) is 5.52 Å². The zero-order valence-corrected chi connectivity index (χ0v) is 14.6. The molecule has 0 saturated carbocycles. The van der Waals surface area contributed by atoms with Crippen molar-refractivity contribution < 1.29 is 9.53 Å². The van der Waals surface area contributed by atoms with Crippen molar-refractivity contribution in [3.63, 3.8) is 0 Å². The molecule has 24 heavy (non-hydrogen) atoms. The molecule has 0 saturated heterocycles. The molecule has 0 radical (unpaired) electrons. The third-order valence-electron chi connectivity index (χ3n) is 3.43. The molecule has 2 aromatic heterocycles. The highest BCUT2D eigenvalue weighted by molar-refractivity contribution is 6.30. The number of ether oxygens (including phenoxy) is 1. The van der Waals surface area contributed by atoms with Crippen molar-refractivity contribution in [3.8, 4) is 0 Å². The topological polar surface area (TPSA) is 34.0 Å². The summed E-state index contributed by atoms with van der Waals surface area (Å²) in [6, 6.07) is 16.8. The van der Waals surface area contributed by atoms with E-state index in [9.17, 15) is 4.79 Å². The molecule has 0 unspecified atom stereocenters. The first kappa shape index (κ1) is 16.4. The van der Waals surface area contributed by atoms with Crippen molar-refractivity contribution >= 4 is 34.7 Å². The van der Waals surface area contributed by atoms with Crippen LogP contribution in [-0.2, 0) is 4.74 Å². The molecule has 124 valence electrons. The second-order valence-electron chi connectivity index (χ2n) is 6.48. The van der Waals surface area contributed by atoms with Gasteiger partial charge in [-0.2, -0.15) is 0 Å². The Labute approximate surface area is 146 Å². The van der Waals surface area contributed by atoms with Gasteiger partial charge in [-0.05, 0) is 69.3 Å². The second kappa shape index (κ2) is 6.21. The Morgan fingerprint density at radius 3 is 2.42 bits per heavy atom. The van der Waals surface area contributed by atoms with Crippen LogP contribution in [0.15, 0.2) is 60.8 Å². The maximum Gasteiger partial charge on any atom is 0.420 e. The predicted molar refractivity (Wildman–Crippen MR) is 97.2 cm³/mol. The molecule has 0 aliphatic heterocycles. The Bertz CT molecular complexity index is 863. The van der Waals surface area contributed by atoms with Crippen LogP contribution in [-0.4, -0.2) is 16.1 Å². The van der Waals surface area contributed by atoms with Gasteiger partial charge in [-0.25, -0.2) is 9.69 Å². The summed E-state index contributed by atoms with van der Waals surface area (Å²) in [6.45, 7) is 5.55. The molecule has 4 nitrogen and oxygen atoms in total. The highest BCUT2D eigenvalue weighted by atomic mass is 35.5. The number of rotatable bonds is 2. The number of nitrogens with zero attached hydrogens (tertiary/aromatic N) is 2. The molecule has 1 amide bonds. The summed E-state index contributed by atoms with van der Waals surface area (Å²) in [5, 5.41) is 0.614. The number of halogens is 1. The van der Waals surface area contributed by atoms with Gasteiger partial charge in [0.15, 0.2) is 0 Å². The molecule has 1 aromatic carbocycles. The van der Waals surface area contributed by atoms with E-state index in [0.29, 0.717) is 16.5 Å². The van der Waals surface area contributed by atoms with Crippen LogP contribution in [0.3, 0.4) is 0 Å². The summed E-state index contributed by atoms with van der Waals surface area (Å²) < 4.78 is 7.54. The van der Waals surface area contributed by atoms with Gasteiger partial charge in [-0.1, -0.05) is 17.7 Å². The van der Waals surface area contributed by atoms with E-state index in [1.807, 2.05) is 61.7 Å². The van der Waals surface area contributed by atoms with Crippen molar-refractivity contribution in [2.45, 2.75) is 26.4 Å². The molecule has 3 rings (SSSR count). The number of benzene rings is 1. The fraction of sp³-hybridized carbons (Fsp3) is 0.211. The van der Waals surface area contributed by atoms with E-state index < -0.39 is 11.7 Å². The van der Waals surface area contributed by atoms with Gasteiger partial charge in [-0.15, -0.1) is 0 Å². The number of carbonyl (C=O) groups excluding carboxylic acids is 1. The molecule has 3 aromatic rings. The number of aromatic nitrogens is 1. The first-order valence-corrected chi connectivity index (χ1v) is 8.08. The van der Waals surface area contributed by atoms with Crippen molar-refractivity contribution in [1.82, 2.24) is 4.40 Å². The number of hydrogen-bond acceptors (Lipinski definition) is 2.